The summed E-state index contributed by atoms with van der Waals surface area (Å²) in [4.78, 5) is 14.6. The van der Waals surface area contributed by atoms with Gasteiger partial charge in [-0.25, -0.2) is 4.39 Å². The Bertz CT molecular complexity index is 758. The normalized spacial score (nSPS) is 16.9. The minimum Gasteiger partial charge on any atom is -0.494 e. The van der Waals surface area contributed by atoms with E-state index in [1.807, 2.05) is 18.2 Å². The smallest absolute Gasteiger partial charge is 0.254 e. The number of carbonyl (C=O) groups is 1. The monoisotopic (exact) mass is 384 g/mol. The maximum absolute atomic E-state index is 13.9. The Kier molecular flexibility index (Phi) is 6.64. The third-order valence-electron chi connectivity index (χ3n) is 4.14. The van der Waals surface area contributed by atoms with E-state index in [0.717, 1.165) is 5.56 Å². The van der Waals surface area contributed by atoms with Crippen LogP contribution < -0.4 is 10.1 Å². The lowest BCUT2D eigenvalue weighted by molar-refractivity contribution is 0.0633. The summed E-state index contributed by atoms with van der Waals surface area (Å²) in [6, 6.07) is 11.6. The first-order valence-corrected chi connectivity index (χ1v) is 8.08. The fraction of sp³-hybridized carbons (Fsp3) is 0.278. The molecule has 0 saturated carbocycles. The molecule has 1 N–H and O–H groups in total. The van der Waals surface area contributed by atoms with Crippen LogP contribution in [-0.2, 0) is 0 Å². The minimum atomic E-state index is -0.544. The number of ether oxygens (including phenoxy) is 1. The molecule has 134 valence electrons. The van der Waals surface area contributed by atoms with E-state index in [1.54, 1.807) is 17.0 Å². The molecule has 1 heterocycles. The third-order valence-corrected chi connectivity index (χ3v) is 4.37. The van der Waals surface area contributed by atoms with Gasteiger partial charge in [0.25, 0.3) is 5.91 Å². The Hall–Kier alpha value is -1.82. The van der Waals surface area contributed by atoms with E-state index in [2.05, 4.69) is 5.32 Å². The Morgan fingerprint density at radius 1 is 1.32 bits per heavy atom. The van der Waals surface area contributed by atoms with Gasteiger partial charge in [-0.05, 0) is 35.9 Å². The first-order chi connectivity index (χ1) is 11.6. The van der Waals surface area contributed by atoms with E-state index in [1.165, 1.54) is 19.2 Å². The van der Waals surface area contributed by atoms with E-state index >= 15 is 0 Å². The lowest BCUT2D eigenvalue weighted by Gasteiger charge is -2.36. The zero-order valence-electron chi connectivity index (χ0n) is 13.7. The number of piperazine rings is 1. The van der Waals surface area contributed by atoms with E-state index in [0.29, 0.717) is 30.2 Å². The number of methoxy groups -OCH3 is 1. The van der Waals surface area contributed by atoms with Crippen LogP contribution >= 0.6 is 24.0 Å². The Morgan fingerprint density at radius 2 is 2.12 bits per heavy atom. The summed E-state index contributed by atoms with van der Waals surface area (Å²) >= 11 is 6.08. The van der Waals surface area contributed by atoms with Crippen molar-refractivity contribution < 1.29 is 13.9 Å². The highest BCUT2D eigenvalue weighted by atomic mass is 35.5. The molecule has 7 heteroatoms. The van der Waals surface area contributed by atoms with Gasteiger partial charge in [0, 0.05) is 30.2 Å². The lowest BCUT2D eigenvalue weighted by atomic mass is 10.0. The molecule has 1 saturated heterocycles. The molecule has 1 unspecified atom stereocenters. The van der Waals surface area contributed by atoms with Crippen LogP contribution in [0, 0.1) is 5.82 Å². The number of rotatable bonds is 3. The maximum Gasteiger partial charge on any atom is 0.254 e. The molecule has 3 rings (SSSR count). The summed E-state index contributed by atoms with van der Waals surface area (Å²) in [5.41, 5.74) is 1.26. The second kappa shape index (κ2) is 8.52. The summed E-state index contributed by atoms with van der Waals surface area (Å²) in [5, 5.41) is 3.91. The second-order valence-corrected chi connectivity index (χ2v) is 6.06. The molecule has 1 aliphatic heterocycles. The van der Waals surface area contributed by atoms with Gasteiger partial charge < -0.3 is 15.0 Å². The average molecular weight is 385 g/mol. The minimum absolute atomic E-state index is 0. The standard InChI is InChI=1S/C18H18ClFN2O2.ClH/c1-24-17-6-5-13(10-15(17)20)18(23)22-8-7-21-11-16(22)12-3-2-4-14(19)9-12;/h2-6,9-10,16,21H,7-8,11H2,1H3;1H. The number of nitrogens with one attached hydrogen (secondary N) is 1. The van der Waals surface area contributed by atoms with Crippen molar-refractivity contribution in [3.63, 3.8) is 0 Å². The van der Waals surface area contributed by atoms with Crippen LogP contribution in [0.3, 0.4) is 0 Å². The Morgan fingerprint density at radius 3 is 2.80 bits per heavy atom. The van der Waals surface area contributed by atoms with E-state index < -0.39 is 5.82 Å². The number of amides is 1. The molecular formula is C18H19Cl2FN2O2. The Labute approximate surface area is 157 Å². The molecule has 0 aromatic heterocycles. The summed E-state index contributed by atoms with van der Waals surface area (Å²) in [6.45, 7) is 1.87. The van der Waals surface area contributed by atoms with Gasteiger partial charge in [-0.3, -0.25) is 4.79 Å². The number of halogens is 3. The predicted octanol–water partition coefficient (Wildman–Crippen LogP) is 3.70. The molecule has 1 amide bonds. The van der Waals surface area contributed by atoms with Gasteiger partial charge in [0.1, 0.15) is 0 Å². The van der Waals surface area contributed by atoms with Crippen molar-refractivity contribution >= 4 is 29.9 Å². The molecule has 1 fully saturated rings. The van der Waals surface area contributed by atoms with Gasteiger partial charge in [-0.1, -0.05) is 23.7 Å². The molecule has 0 spiro atoms. The molecular weight excluding hydrogens is 366 g/mol. The first kappa shape index (κ1) is 19.5. The van der Waals surface area contributed by atoms with Crippen molar-refractivity contribution in [1.82, 2.24) is 10.2 Å². The zero-order valence-corrected chi connectivity index (χ0v) is 15.2. The largest absolute Gasteiger partial charge is 0.494 e. The second-order valence-electron chi connectivity index (χ2n) is 5.62. The number of hydrogen-bond donors (Lipinski definition) is 1. The molecule has 0 radical (unpaired) electrons. The highest BCUT2D eigenvalue weighted by Crippen LogP contribution is 2.27. The van der Waals surface area contributed by atoms with Crippen molar-refractivity contribution in [3.05, 3.63) is 64.4 Å². The summed E-state index contributed by atoms with van der Waals surface area (Å²) in [5.74, 6) is -0.626. The molecule has 0 bridgehead atoms. The first-order valence-electron chi connectivity index (χ1n) is 7.71. The quantitative estimate of drug-likeness (QED) is 0.876. The number of benzene rings is 2. The number of carbonyl (C=O) groups excluding carboxylic acids is 1. The van der Waals surface area contributed by atoms with Crippen LogP contribution in [0.5, 0.6) is 5.75 Å². The third kappa shape index (κ3) is 4.24. The van der Waals surface area contributed by atoms with Crippen LogP contribution in [0.2, 0.25) is 5.02 Å². The Balaban J connectivity index is 0.00000225. The van der Waals surface area contributed by atoms with Gasteiger partial charge >= 0.3 is 0 Å². The number of nitrogens with zero attached hydrogens (tertiary/aromatic N) is 1. The highest BCUT2D eigenvalue weighted by Gasteiger charge is 2.29. The summed E-state index contributed by atoms with van der Waals surface area (Å²) in [6.07, 6.45) is 0. The molecule has 25 heavy (non-hydrogen) atoms. The van der Waals surface area contributed by atoms with Crippen molar-refractivity contribution in [1.29, 1.82) is 0 Å². The van der Waals surface area contributed by atoms with Crippen molar-refractivity contribution in [2.24, 2.45) is 0 Å². The van der Waals surface area contributed by atoms with Crippen molar-refractivity contribution in [2.45, 2.75) is 6.04 Å². The van der Waals surface area contributed by atoms with Gasteiger partial charge in [0.05, 0.1) is 13.2 Å². The van der Waals surface area contributed by atoms with Gasteiger partial charge in [-0.15, -0.1) is 12.4 Å². The maximum atomic E-state index is 13.9. The summed E-state index contributed by atoms with van der Waals surface area (Å²) in [7, 11) is 1.39. The van der Waals surface area contributed by atoms with E-state index in [4.69, 9.17) is 16.3 Å². The van der Waals surface area contributed by atoms with Gasteiger partial charge in [0.2, 0.25) is 0 Å². The van der Waals surface area contributed by atoms with Crippen LogP contribution in [0.15, 0.2) is 42.5 Å². The average Bonchev–Trinajstić information content (AvgIpc) is 2.61. The fourth-order valence-corrected chi connectivity index (χ4v) is 3.12. The van der Waals surface area contributed by atoms with Gasteiger partial charge in [0.15, 0.2) is 11.6 Å². The van der Waals surface area contributed by atoms with Crippen LogP contribution in [0.1, 0.15) is 22.0 Å². The predicted molar refractivity (Wildman–Crippen MR) is 98.3 cm³/mol. The van der Waals surface area contributed by atoms with E-state index in [-0.39, 0.29) is 30.1 Å². The topological polar surface area (TPSA) is 41.6 Å². The molecule has 2 aromatic rings. The van der Waals surface area contributed by atoms with Crippen molar-refractivity contribution in [2.75, 3.05) is 26.7 Å². The van der Waals surface area contributed by atoms with Gasteiger partial charge in [-0.2, -0.15) is 0 Å². The van der Waals surface area contributed by atoms with Crippen LogP contribution in [-0.4, -0.2) is 37.6 Å². The van der Waals surface area contributed by atoms with Crippen LogP contribution in [0.4, 0.5) is 4.39 Å². The van der Waals surface area contributed by atoms with Crippen molar-refractivity contribution in [3.8, 4) is 5.75 Å². The van der Waals surface area contributed by atoms with E-state index in [9.17, 15) is 9.18 Å². The summed E-state index contributed by atoms with van der Waals surface area (Å²) < 4.78 is 18.8. The lowest BCUT2D eigenvalue weighted by Crippen LogP contribution is -2.48. The molecule has 2 aromatic carbocycles. The van der Waals surface area contributed by atoms with Crippen LogP contribution in [0.25, 0.3) is 0 Å². The zero-order chi connectivity index (χ0) is 17.1. The molecule has 1 aliphatic rings. The highest BCUT2D eigenvalue weighted by molar-refractivity contribution is 6.30. The SMILES string of the molecule is COc1ccc(C(=O)N2CCNCC2c2cccc(Cl)c2)cc1F.Cl. The molecule has 1 atom stereocenters. The molecule has 0 aliphatic carbocycles. The number of hydrogen-bond acceptors (Lipinski definition) is 3. The fourth-order valence-electron chi connectivity index (χ4n) is 2.92. The molecule has 4 nitrogen and oxygen atoms in total.